The van der Waals surface area contributed by atoms with E-state index in [0.29, 0.717) is 11.8 Å². The molecule has 0 amide bonds. The van der Waals surface area contributed by atoms with Crippen LogP contribution in [0.3, 0.4) is 0 Å². The van der Waals surface area contributed by atoms with Crippen LogP contribution < -0.4 is 0 Å². The molecule has 0 aliphatic carbocycles. The first-order valence-corrected chi connectivity index (χ1v) is 5.78. The fourth-order valence-corrected chi connectivity index (χ4v) is 1.84. The van der Waals surface area contributed by atoms with Crippen molar-refractivity contribution in [3.63, 3.8) is 0 Å². The Morgan fingerprint density at radius 3 is 1.67 bits per heavy atom. The highest BCUT2D eigenvalue weighted by Gasteiger charge is 2.11. The summed E-state index contributed by atoms with van der Waals surface area (Å²) in [6.45, 7) is 8.59. The number of hydrogen-bond acceptors (Lipinski definition) is 0. The highest BCUT2D eigenvalue weighted by molar-refractivity contribution is 5.40. The zero-order valence-electron chi connectivity index (χ0n) is 10.2. The summed E-state index contributed by atoms with van der Waals surface area (Å²) in [5, 5.41) is 12.0. The maximum atomic E-state index is 12.0. The maximum Gasteiger partial charge on any atom is 0.185 e. The van der Waals surface area contributed by atoms with Gasteiger partial charge in [0, 0.05) is 0 Å². The summed E-state index contributed by atoms with van der Waals surface area (Å²) < 4.78 is 0. The van der Waals surface area contributed by atoms with Crippen molar-refractivity contribution in [3.05, 3.63) is 29.3 Å². The zero-order valence-corrected chi connectivity index (χ0v) is 10.2. The SMILES string of the molecule is CC(C)Cc1cccc(CC(C)C)c1[O]. The van der Waals surface area contributed by atoms with Gasteiger partial charge >= 0.3 is 0 Å². The van der Waals surface area contributed by atoms with Crippen LogP contribution in [0.4, 0.5) is 0 Å². The summed E-state index contributed by atoms with van der Waals surface area (Å²) >= 11 is 0. The average molecular weight is 205 g/mol. The smallest absolute Gasteiger partial charge is 0.185 e. The van der Waals surface area contributed by atoms with Gasteiger partial charge < -0.3 is 0 Å². The van der Waals surface area contributed by atoms with Crippen molar-refractivity contribution < 1.29 is 5.11 Å². The Bertz CT molecular complexity index is 285. The van der Waals surface area contributed by atoms with Gasteiger partial charge in [0.15, 0.2) is 5.75 Å². The fourth-order valence-electron chi connectivity index (χ4n) is 1.84. The molecule has 0 fully saturated rings. The molecule has 0 bridgehead atoms. The summed E-state index contributed by atoms with van der Waals surface area (Å²) in [5.41, 5.74) is 1.95. The molecule has 0 saturated carbocycles. The molecule has 0 heterocycles. The molecular formula is C14H21O. The molecule has 0 unspecified atom stereocenters. The van der Waals surface area contributed by atoms with E-state index in [9.17, 15) is 5.11 Å². The van der Waals surface area contributed by atoms with E-state index in [2.05, 4.69) is 27.7 Å². The monoisotopic (exact) mass is 205 g/mol. The van der Waals surface area contributed by atoms with Crippen LogP contribution in [0.15, 0.2) is 18.2 Å². The molecule has 1 nitrogen and oxygen atoms in total. The second-order valence-electron chi connectivity index (χ2n) is 5.10. The normalized spacial score (nSPS) is 11.3. The predicted molar refractivity (Wildman–Crippen MR) is 63.7 cm³/mol. The molecule has 1 aromatic carbocycles. The molecule has 1 aromatic rings. The second kappa shape index (κ2) is 5.20. The van der Waals surface area contributed by atoms with E-state index in [4.69, 9.17) is 0 Å². The summed E-state index contributed by atoms with van der Waals surface area (Å²) in [5.74, 6) is 1.36. The molecule has 0 aliphatic heterocycles. The summed E-state index contributed by atoms with van der Waals surface area (Å²) in [6.07, 6.45) is 1.79. The van der Waals surface area contributed by atoms with Crippen molar-refractivity contribution >= 4 is 0 Å². The standard InChI is InChI=1S/C14H21O/c1-10(2)8-12-6-5-7-13(14(12)15)9-11(3)4/h5-7,10-11H,8-9H2,1-4H3. The van der Waals surface area contributed by atoms with Crippen LogP contribution in [0.25, 0.3) is 0 Å². The van der Waals surface area contributed by atoms with Crippen molar-refractivity contribution in [1.29, 1.82) is 0 Å². The largest absolute Gasteiger partial charge is 0.289 e. The lowest BCUT2D eigenvalue weighted by molar-refractivity contribution is 0.340. The second-order valence-corrected chi connectivity index (χ2v) is 5.10. The van der Waals surface area contributed by atoms with Gasteiger partial charge in [-0.15, -0.1) is 0 Å². The maximum absolute atomic E-state index is 12.0. The Hall–Kier alpha value is -0.980. The lowest BCUT2D eigenvalue weighted by Crippen LogP contribution is -1.99. The molecular weight excluding hydrogens is 184 g/mol. The van der Waals surface area contributed by atoms with Crippen LogP contribution in [-0.4, -0.2) is 0 Å². The van der Waals surface area contributed by atoms with Gasteiger partial charge in [-0.25, -0.2) is 0 Å². The van der Waals surface area contributed by atoms with Gasteiger partial charge in [-0.2, -0.15) is 0 Å². The number of benzene rings is 1. The summed E-state index contributed by atoms with van der Waals surface area (Å²) in [6, 6.07) is 5.94. The molecule has 1 radical (unpaired) electrons. The van der Waals surface area contributed by atoms with Gasteiger partial charge in [0.05, 0.1) is 0 Å². The van der Waals surface area contributed by atoms with E-state index in [0.717, 1.165) is 24.0 Å². The Kier molecular flexibility index (Phi) is 4.19. The van der Waals surface area contributed by atoms with E-state index in [1.165, 1.54) is 0 Å². The minimum Gasteiger partial charge on any atom is -0.289 e. The minimum atomic E-state index is 0.264. The van der Waals surface area contributed by atoms with Gasteiger partial charge in [-0.3, -0.25) is 5.11 Å². The van der Waals surface area contributed by atoms with E-state index in [1.807, 2.05) is 18.2 Å². The molecule has 0 atom stereocenters. The van der Waals surface area contributed by atoms with Gasteiger partial charge in [-0.05, 0) is 35.8 Å². The molecule has 0 saturated heterocycles. The Morgan fingerprint density at radius 1 is 0.933 bits per heavy atom. The number of para-hydroxylation sites is 1. The molecule has 15 heavy (non-hydrogen) atoms. The third kappa shape index (κ3) is 3.58. The van der Waals surface area contributed by atoms with Gasteiger partial charge in [0.2, 0.25) is 0 Å². The third-order valence-electron chi connectivity index (χ3n) is 2.43. The molecule has 1 rings (SSSR count). The molecule has 1 heteroatoms. The summed E-state index contributed by atoms with van der Waals surface area (Å²) in [4.78, 5) is 0. The molecule has 0 N–H and O–H groups in total. The molecule has 0 spiro atoms. The van der Waals surface area contributed by atoms with Crippen molar-refractivity contribution in [3.8, 4) is 5.75 Å². The third-order valence-corrected chi connectivity index (χ3v) is 2.43. The molecule has 0 aromatic heterocycles. The zero-order chi connectivity index (χ0) is 11.4. The van der Waals surface area contributed by atoms with Gasteiger partial charge in [0.1, 0.15) is 0 Å². The van der Waals surface area contributed by atoms with E-state index >= 15 is 0 Å². The highest BCUT2D eigenvalue weighted by atomic mass is 16.3. The first-order valence-electron chi connectivity index (χ1n) is 5.78. The van der Waals surface area contributed by atoms with Crippen molar-refractivity contribution in [2.45, 2.75) is 40.5 Å². The number of hydrogen-bond donors (Lipinski definition) is 0. The van der Waals surface area contributed by atoms with Crippen LogP contribution in [0.5, 0.6) is 5.75 Å². The summed E-state index contributed by atoms with van der Waals surface area (Å²) in [7, 11) is 0. The fraction of sp³-hybridized carbons (Fsp3) is 0.571. The van der Waals surface area contributed by atoms with Crippen LogP contribution in [0.2, 0.25) is 0 Å². The quantitative estimate of drug-likeness (QED) is 0.701. The van der Waals surface area contributed by atoms with E-state index < -0.39 is 0 Å². The highest BCUT2D eigenvalue weighted by Crippen LogP contribution is 2.27. The lowest BCUT2D eigenvalue weighted by Gasteiger charge is -2.10. The van der Waals surface area contributed by atoms with E-state index in [-0.39, 0.29) is 5.75 Å². The molecule has 83 valence electrons. The van der Waals surface area contributed by atoms with Crippen molar-refractivity contribution in [2.75, 3.05) is 0 Å². The lowest BCUT2D eigenvalue weighted by atomic mass is 9.95. The van der Waals surface area contributed by atoms with Crippen LogP contribution in [-0.2, 0) is 17.9 Å². The van der Waals surface area contributed by atoms with Crippen LogP contribution >= 0.6 is 0 Å². The minimum absolute atomic E-state index is 0.264. The van der Waals surface area contributed by atoms with Crippen molar-refractivity contribution in [2.24, 2.45) is 11.8 Å². The Morgan fingerprint density at radius 2 is 1.33 bits per heavy atom. The Labute approximate surface area is 93.1 Å². The van der Waals surface area contributed by atoms with Gasteiger partial charge in [0.25, 0.3) is 0 Å². The predicted octanol–water partition coefficient (Wildman–Crippen LogP) is 4.23. The van der Waals surface area contributed by atoms with Crippen LogP contribution in [0.1, 0.15) is 38.8 Å². The first kappa shape index (κ1) is 12.1. The first-order chi connectivity index (χ1) is 7.00. The van der Waals surface area contributed by atoms with E-state index in [1.54, 1.807) is 0 Å². The number of rotatable bonds is 4. The van der Waals surface area contributed by atoms with Crippen LogP contribution in [0, 0.1) is 11.8 Å². The average Bonchev–Trinajstić information content (AvgIpc) is 2.10. The van der Waals surface area contributed by atoms with Gasteiger partial charge in [-0.1, -0.05) is 45.9 Å². The van der Waals surface area contributed by atoms with Crippen molar-refractivity contribution in [1.82, 2.24) is 0 Å². The molecule has 0 aliphatic rings. The topological polar surface area (TPSA) is 19.9 Å². The Balaban J connectivity index is 2.90.